The van der Waals surface area contributed by atoms with Crippen LogP contribution in [-0.2, 0) is 0 Å². The molecule has 0 fully saturated rings. The van der Waals surface area contributed by atoms with Crippen LogP contribution in [0.3, 0.4) is 0 Å². The van der Waals surface area contributed by atoms with Gasteiger partial charge in [0.05, 0.1) is 27.8 Å². The number of nitrogens with zero attached hydrogens (tertiary/aromatic N) is 4. The van der Waals surface area contributed by atoms with Gasteiger partial charge in [0.15, 0.2) is 5.82 Å². The molecule has 4 nitrogen and oxygen atoms in total. The van der Waals surface area contributed by atoms with Crippen LogP contribution in [0.15, 0.2) is 194 Å². The number of hydrogen-bond acceptors (Lipinski definition) is 3. The number of aromatic nitrogens is 4. The van der Waals surface area contributed by atoms with Gasteiger partial charge in [0, 0.05) is 64.6 Å². The molecule has 12 aromatic rings. The van der Waals surface area contributed by atoms with Gasteiger partial charge >= 0.3 is 0 Å². The van der Waals surface area contributed by atoms with Gasteiger partial charge in [-0.1, -0.05) is 140 Å². The predicted molar refractivity (Wildman–Crippen MR) is 240 cm³/mol. The number of benzene rings is 8. The van der Waals surface area contributed by atoms with Crippen LogP contribution in [0.1, 0.15) is 0 Å². The van der Waals surface area contributed by atoms with Crippen LogP contribution in [0.25, 0.3) is 109 Å². The number of thiophene rings is 1. The first kappa shape index (κ1) is 32.0. The Balaban J connectivity index is 1.10. The Labute approximate surface area is 332 Å². The summed E-state index contributed by atoms with van der Waals surface area (Å²) in [5.41, 5.74) is 11.2. The molecule has 0 atom stereocenters. The van der Waals surface area contributed by atoms with Crippen molar-refractivity contribution in [1.82, 2.24) is 19.1 Å². The van der Waals surface area contributed by atoms with Gasteiger partial charge in [-0.3, -0.25) is 4.57 Å². The van der Waals surface area contributed by atoms with Crippen LogP contribution in [0.2, 0.25) is 0 Å². The van der Waals surface area contributed by atoms with E-state index in [1.165, 1.54) is 63.9 Å². The Morgan fingerprint density at radius 3 is 1.56 bits per heavy atom. The maximum Gasteiger partial charge on any atom is 0.162 e. The number of fused-ring (bicyclic) bond motifs is 9. The van der Waals surface area contributed by atoms with Crippen molar-refractivity contribution in [2.24, 2.45) is 0 Å². The van der Waals surface area contributed by atoms with Crippen LogP contribution in [-0.4, -0.2) is 19.1 Å². The van der Waals surface area contributed by atoms with E-state index in [-0.39, 0.29) is 0 Å². The lowest BCUT2D eigenvalue weighted by Crippen LogP contribution is -2.02. The first-order valence-corrected chi connectivity index (χ1v) is 20.1. The summed E-state index contributed by atoms with van der Waals surface area (Å²) in [6.45, 7) is 0. The predicted octanol–water partition coefficient (Wildman–Crippen LogP) is 14.0. The third-order valence-electron chi connectivity index (χ3n) is 11.3. The third-order valence-corrected chi connectivity index (χ3v) is 12.4. The molecule has 0 bridgehead atoms. The van der Waals surface area contributed by atoms with Gasteiger partial charge in [0.2, 0.25) is 0 Å². The molecule has 4 heterocycles. The number of para-hydroxylation sites is 2. The molecule has 0 N–H and O–H groups in total. The zero-order valence-electron chi connectivity index (χ0n) is 30.7. The smallest absolute Gasteiger partial charge is 0.162 e. The molecule has 0 spiro atoms. The Morgan fingerprint density at radius 1 is 0.333 bits per heavy atom. The Hall–Kier alpha value is -7.34. The highest BCUT2D eigenvalue weighted by Gasteiger charge is 2.20. The molecule has 0 saturated carbocycles. The van der Waals surface area contributed by atoms with Crippen molar-refractivity contribution in [3.05, 3.63) is 194 Å². The van der Waals surface area contributed by atoms with Gasteiger partial charge in [-0.2, -0.15) is 0 Å². The summed E-state index contributed by atoms with van der Waals surface area (Å²) >= 11 is 1.87. The summed E-state index contributed by atoms with van der Waals surface area (Å²) in [6, 6.07) is 69.5. The van der Waals surface area contributed by atoms with Crippen molar-refractivity contribution >= 4 is 75.1 Å². The first-order valence-electron chi connectivity index (χ1n) is 19.2. The van der Waals surface area contributed by atoms with Crippen molar-refractivity contribution in [2.45, 2.75) is 0 Å². The molecule has 0 amide bonds. The van der Waals surface area contributed by atoms with E-state index in [1.807, 2.05) is 35.6 Å². The first-order chi connectivity index (χ1) is 28.2. The van der Waals surface area contributed by atoms with Crippen LogP contribution < -0.4 is 0 Å². The Morgan fingerprint density at radius 2 is 0.860 bits per heavy atom. The molecular formula is C52H32N4S. The highest BCUT2D eigenvalue weighted by molar-refractivity contribution is 7.26. The minimum atomic E-state index is 0.702. The summed E-state index contributed by atoms with van der Waals surface area (Å²) in [5.74, 6) is 1.55. The average Bonchev–Trinajstić information content (AvgIpc) is 3.92. The van der Waals surface area contributed by atoms with Crippen molar-refractivity contribution < 1.29 is 0 Å². The van der Waals surface area contributed by atoms with Gasteiger partial charge in [0.25, 0.3) is 0 Å². The second-order valence-electron chi connectivity index (χ2n) is 14.6. The molecule has 0 radical (unpaired) electrons. The second kappa shape index (κ2) is 12.6. The second-order valence-corrected chi connectivity index (χ2v) is 15.7. The van der Waals surface area contributed by atoms with E-state index >= 15 is 0 Å². The van der Waals surface area contributed by atoms with Crippen molar-refractivity contribution in [2.75, 3.05) is 0 Å². The van der Waals surface area contributed by atoms with E-state index in [2.05, 4.69) is 179 Å². The van der Waals surface area contributed by atoms with Crippen LogP contribution in [0, 0.1) is 0 Å². The maximum absolute atomic E-state index is 5.28. The molecular weight excluding hydrogens is 713 g/mol. The van der Waals surface area contributed by atoms with E-state index < -0.39 is 0 Å². The molecule has 0 aliphatic rings. The largest absolute Gasteiger partial charge is 0.309 e. The lowest BCUT2D eigenvalue weighted by atomic mass is 10.1. The summed E-state index contributed by atoms with van der Waals surface area (Å²) in [5, 5.41) is 7.43. The standard InChI is InChI=1S/C52H32N4S/c1-4-14-33(15-5-1)34-24-26-37(27-25-34)55-45-22-12-10-20-38(45)40-28-42-43-29-47-41(30-49(43)57-50(42)32-48(40)55)39-21-11-13-23-46(39)56(47)51-31-44(35-16-6-2-7-17-35)53-52(54-51)36-18-8-3-9-19-36/h1-32H. The Bertz CT molecular complexity index is 3430. The lowest BCUT2D eigenvalue weighted by molar-refractivity contribution is 1.05. The molecule has 0 unspecified atom stereocenters. The zero-order valence-corrected chi connectivity index (χ0v) is 31.5. The maximum atomic E-state index is 5.28. The molecule has 4 aromatic heterocycles. The molecule has 12 rings (SSSR count). The van der Waals surface area contributed by atoms with Gasteiger partial charge in [-0.15, -0.1) is 11.3 Å². The van der Waals surface area contributed by atoms with Crippen molar-refractivity contribution in [3.63, 3.8) is 0 Å². The van der Waals surface area contributed by atoms with Gasteiger partial charge in [-0.05, 0) is 59.7 Å². The van der Waals surface area contributed by atoms with E-state index in [0.29, 0.717) is 5.82 Å². The average molecular weight is 745 g/mol. The summed E-state index contributed by atoms with van der Waals surface area (Å²) in [4.78, 5) is 10.4. The van der Waals surface area contributed by atoms with Gasteiger partial charge in [-0.25, -0.2) is 9.97 Å². The molecule has 5 heteroatoms. The SMILES string of the molecule is c1ccc(-c2ccc(-n3c4ccccc4c4cc5c(cc43)sc3cc4c6ccccc6n(-c6cc(-c7ccccc7)nc(-c7ccccc7)n6)c4cc35)cc2)cc1. The zero-order chi connectivity index (χ0) is 37.5. The minimum absolute atomic E-state index is 0.702. The number of hydrogen-bond donors (Lipinski definition) is 0. The summed E-state index contributed by atoms with van der Waals surface area (Å²) < 4.78 is 7.29. The lowest BCUT2D eigenvalue weighted by Gasteiger charge is -2.12. The van der Waals surface area contributed by atoms with Crippen LogP contribution >= 0.6 is 11.3 Å². The molecule has 8 aromatic carbocycles. The fourth-order valence-electron chi connectivity index (χ4n) is 8.68. The highest BCUT2D eigenvalue weighted by atomic mass is 32.1. The molecule has 0 aliphatic carbocycles. The third kappa shape index (κ3) is 5.06. The molecule has 57 heavy (non-hydrogen) atoms. The van der Waals surface area contributed by atoms with Crippen LogP contribution in [0.5, 0.6) is 0 Å². The van der Waals surface area contributed by atoms with Crippen LogP contribution in [0.4, 0.5) is 0 Å². The fourth-order valence-corrected chi connectivity index (χ4v) is 9.82. The number of rotatable bonds is 5. The van der Waals surface area contributed by atoms with Crippen molar-refractivity contribution in [1.29, 1.82) is 0 Å². The van der Waals surface area contributed by atoms with Gasteiger partial charge < -0.3 is 4.57 Å². The topological polar surface area (TPSA) is 35.6 Å². The van der Waals surface area contributed by atoms with E-state index in [9.17, 15) is 0 Å². The fraction of sp³-hybridized carbons (Fsp3) is 0. The monoisotopic (exact) mass is 744 g/mol. The Kier molecular flexibility index (Phi) is 7.06. The molecule has 0 saturated heterocycles. The van der Waals surface area contributed by atoms with E-state index in [0.717, 1.165) is 39.4 Å². The minimum Gasteiger partial charge on any atom is -0.309 e. The summed E-state index contributed by atoms with van der Waals surface area (Å²) in [7, 11) is 0. The quantitative estimate of drug-likeness (QED) is 0.176. The normalized spacial score (nSPS) is 11.9. The summed E-state index contributed by atoms with van der Waals surface area (Å²) in [6.07, 6.45) is 0. The van der Waals surface area contributed by atoms with Crippen molar-refractivity contribution in [3.8, 4) is 45.3 Å². The van der Waals surface area contributed by atoms with Gasteiger partial charge in [0.1, 0.15) is 5.82 Å². The van der Waals surface area contributed by atoms with E-state index in [4.69, 9.17) is 9.97 Å². The van der Waals surface area contributed by atoms with E-state index in [1.54, 1.807) is 0 Å². The highest BCUT2D eigenvalue weighted by Crippen LogP contribution is 2.44. The molecule has 0 aliphatic heterocycles. The molecule has 266 valence electrons.